The van der Waals surface area contributed by atoms with Gasteiger partial charge in [-0.25, -0.2) is 4.79 Å². The van der Waals surface area contributed by atoms with Crippen molar-refractivity contribution in [3.8, 4) is 5.75 Å². The number of amides is 1. The molecule has 1 atom stereocenters. The molecule has 0 saturated heterocycles. The van der Waals surface area contributed by atoms with Gasteiger partial charge in [0.1, 0.15) is 5.75 Å². The lowest BCUT2D eigenvalue weighted by Crippen LogP contribution is -2.31. The van der Waals surface area contributed by atoms with E-state index in [9.17, 15) is 9.59 Å². The number of rotatable bonds is 7. The summed E-state index contributed by atoms with van der Waals surface area (Å²) < 4.78 is 10.6. The first kappa shape index (κ1) is 19.1. The standard InChI is InChI=1S/C18H17Cl2NO4/c1-2-16(25-13-6-4-3-5-7-13)18(23)24-11-17(22)21-12-8-9-14(19)15(20)10-12/h3-10,16H,2,11H2,1H3,(H,21,22)/t16-/m1/s1. The number of nitrogens with one attached hydrogen (secondary N) is 1. The summed E-state index contributed by atoms with van der Waals surface area (Å²) >= 11 is 11.7. The molecule has 0 heterocycles. The average Bonchev–Trinajstić information content (AvgIpc) is 2.61. The Balaban J connectivity index is 1.84. The van der Waals surface area contributed by atoms with Gasteiger partial charge >= 0.3 is 5.97 Å². The molecule has 0 unspecified atom stereocenters. The number of esters is 1. The molecule has 0 bridgehead atoms. The highest BCUT2D eigenvalue weighted by Gasteiger charge is 2.21. The molecule has 0 aliphatic carbocycles. The lowest BCUT2D eigenvalue weighted by Gasteiger charge is -2.16. The van der Waals surface area contributed by atoms with Crippen LogP contribution in [0.1, 0.15) is 13.3 Å². The molecule has 0 radical (unpaired) electrons. The summed E-state index contributed by atoms with van der Waals surface area (Å²) in [6.45, 7) is 1.37. The Bertz CT molecular complexity index is 737. The molecule has 25 heavy (non-hydrogen) atoms. The SMILES string of the molecule is CC[C@@H](Oc1ccccc1)C(=O)OCC(=O)Nc1ccc(Cl)c(Cl)c1. The molecule has 0 fully saturated rings. The lowest BCUT2D eigenvalue weighted by atomic mass is 10.2. The molecule has 5 nitrogen and oxygen atoms in total. The van der Waals surface area contributed by atoms with Gasteiger partial charge in [-0.1, -0.05) is 48.3 Å². The highest BCUT2D eigenvalue weighted by Crippen LogP contribution is 2.24. The average molecular weight is 382 g/mol. The molecule has 0 aliphatic heterocycles. The largest absolute Gasteiger partial charge is 0.479 e. The van der Waals surface area contributed by atoms with Crippen LogP contribution in [0.3, 0.4) is 0 Å². The van der Waals surface area contributed by atoms with E-state index < -0.39 is 24.6 Å². The number of para-hydroxylation sites is 1. The molecule has 0 aliphatic rings. The normalized spacial score (nSPS) is 11.5. The van der Waals surface area contributed by atoms with E-state index in [2.05, 4.69) is 5.32 Å². The molecule has 132 valence electrons. The first-order valence-corrected chi connectivity index (χ1v) is 8.38. The fraction of sp³-hybridized carbons (Fsp3) is 0.222. The molecule has 2 aromatic rings. The molecule has 2 rings (SSSR count). The number of hydrogen-bond acceptors (Lipinski definition) is 4. The summed E-state index contributed by atoms with van der Waals surface area (Å²) in [4.78, 5) is 23.9. The number of ether oxygens (including phenoxy) is 2. The molecular weight excluding hydrogens is 365 g/mol. The van der Waals surface area contributed by atoms with Crippen LogP contribution < -0.4 is 10.1 Å². The Morgan fingerprint density at radius 2 is 1.80 bits per heavy atom. The van der Waals surface area contributed by atoms with Crippen LogP contribution in [-0.2, 0) is 14.3 Å². The highest BCUT2D eigenvalue weighted by atomic mass is 35.5. The number of benzene rings is 2. The van der Waals surface area contributed by atoms with Crippen LogP contribution in [0.2, 0.25) is 10.0 Å². The molecule has 0 aromatic heterocycles. The predicted octanol–water partition coefficient (Wildman–Crippen LogP) is 4.33. The fourth-order valence-corrected chi connectivity index (χ4v) is 2.26. The van der Waals surface area contributed by atoms with Crippen molar-refractivity contribution in [2.45, 2.75) is 19.4 Å². The summed E-state index contributed by atoms with van der Waals surface area (Å²) in [5.41, 5.74) is 0.461. The Morgan fingerprint density at radius 3 is 2.44 bits per heavy atom. The molecule has 1 amide bonds. The highest BCUT2D eigenvalue weighted by molar-refractivity contribution is 6.42. The maximum Gasteiger partial charge on any atom is 0.347 e. The van der Waals surface area contributed by atoms with E-state index in [0.29, 0.717) is 27.9 Å². The number of carbonyl (C=O) groups is 2. The molecule has 7 heteroatoms. The molecule has 0 saturated carbocycles. The van der Waals surface area contributed by atoms with Crippen LogP contribution in [0.4, 0.5) is 5.69 Å². The van der Waals surface area contributed by atoms with Gasteiger partial charge in [-0.3, -0.25) is 4.79 Å². The van der Waals surface area contributed by atoms with E-state index in [1.807, 2.05) is 6.07 Å². The van der Waals surface area contributed by atoms with E-state index in [0.717, 1.165) is 0 Å². The van der Waals surface area contributed by atoms with E-state index >= 15 is 0 Å². The second-order valence-corrected chi connectivity index (χ2v) is 5.93. The maximum absolute atomic E-state index is 12.1. The number of halogens is 2. The lowest BCUT2D eigenvalue weighted by molar-refractivity contribution is -0.154. The number of carbonyl (C=O) groups excluding carboxylic acids is 2. The Labute approximate surface area is 155 Å². The minimum atomic E-state index is -0.778. The summed E-state index contributed by atoms with van der Waals surface area (Å²) in [5, 5.41) is 3.27. The third-order valence-electron chi connectivity index (χ3n) is 3.20. The Morgan fingerprint density at radius 1 is 1.08 bits per heavy atom. The fourth-order valence-electron chi connectivity index (χ4n) is 1.96. The number of anilines is 1. The van der Waals surface area contributed by atoms with Gasteiger partial charge in [0.15, 0.2) is 12.7 Å². The third-order valence-corrected chi connectivity index (χ3v) is 3.94. The van der Waals surface area contributed by atoms with E-state index in [-0.39, 0.29) is 0 Å². The molecule has 1 N–H and O–H groups in total. The zero-order chi connectivity index (χ0) is 18.2. The van der Waals surface area contributed by atoms with E-state index in [1.54, 1.807) is 43.3 Å². The molecule has 0 spiro atoms. The Kier molecular flexibility index (Phi) is 7.10. The zero-order valence-corrected chi connectivity index (χ0v) is 15.0. The monoisotopic (exact) mass is 381 g/mol. The second kappa shape index (κ2) is 9.30. The van der Waals surface area contributed by atoms with Gasteiger partial charge in [0.05, 0.1) is 10.0 Å². The van der Waals surface area contributed by atoms with Crippen LogP contribution in [-0.4, -0.2) is 24.6 Å². The van der Waals surface area contributed by atoms with Crippen molar-refractivity contribution in [3.05, 3.63) is 58.6 Å². The van der Waals surface area contributed by atoms with Gasteiger partial charge in [-0.15, -0.1) is 0 Å². The van der Waals surface area contributed by atoms with E-state index in [4.69, 9.17) is 32.7 Å². The van der Waals surface area contributed by atoms with Gasteiger partial charge < -0.3 is 14.8 Å². The zero-order valence-electron chi connectivity index (χ0n) is 13.5. The van der Waals surface area contributed by atoms with Crippen molar-refractivity contribution in [2.24, 2.45) is 0 Å². The van der Waals surface area contributed by atoms with Gasteiger partial charge in [0, 0.05) is 5.69 Å². The Hall–Kier alpha value is -2.24. The summed E-state index contributed by atoms with van der Waals surface area (Å²) in [7, 11) is 0. The summed E-state index contributed by atoms with van der Waals surface area (Å²) in [5.74, 6) is -0.525. The topological polar surface area (TPSA) is 64.6 Å². The van der Waals surface area contributed by atoms with Crippen molar-refractivity contribution in [1.82, 2.24) is 0 Å². The van der Waals surface area contributed by atoms with Crippen LogP contribution in [0.5, 0.6) is 5.75 Å². The summed E-state index contributed by atoms with van der Waals surface area (Å²) in [6, 6.07) is 13.6. The third kappa shape index (κ3) is 5.96. The van der Waals surface area contributed by atoms with E-state index in [1.165, 1.54) is 6.07 Å². The van der Waals surface area contributed by atoms with Gasteiger partial charge in [-0.05, 0) is 36.8 Å². The molecule has 2 aromatic carbocycles. The van der Waals surface area contributed by atoms with Gasteiger partial charge in [0.2, 0.25) is 0 Å². The van der Waals surface area contributed by atoms with Crippen LogP contribution in [0.15, 0.2) is 48.5 Å². The van der Waals surface area contributed by atoms with Crippen molar-refractivity contribution < 1.29 is 19.1 Å². The van der Waals surface area contributed by atoms with Gasteiger partial charge in [0.25, 0.3) is 5.91 Å². The van der Waals surface area contributed by atoms with Crippen molar-refractivity contribution in [2.75, 3.05) is 11.9 Å². The van der Waals surface area contributed by atoms with Crippen LogP contribution >= 0.6 is 23.2 Å². The predicted molar refractivity (Wildman–Crippen MR) is 97.2 cm³/mol. The maximum atomic E-state index is 12.1. The first-order valence-electron chi connectivity index (χ1n) is 7.63. The van der Waals surface area contributed by atoms with Gasteiger partial charge in [-0.2, -0.15) is 0 Å². The minimum Gasteiger partial charge on any atom is -0.479 e. The number of hydrogen-bond donors (Lipinski definition) is 1. The smallest absolute Gasteiger partial charge is 0.347 e. The quantitative estimate of drug-likeness (QED) is 0.724. The van der Waals surface area contributed by atoms with Crippen molar-refractivity contribution in [1.29, 1.82) is 0 Å². The first-order chi connectivity index (χ1) is 12.0. The van der Waals surface area contributed by atoms with Crippen LogP contribution in [0, 0.1) is 0 Å². The van der Waals surface area contributed by atoms with Crippen molar-refractivity contribution in [3.63, 3.8) is 0 Å². The second-order valence-electron chi connectivity index (χ2n) is 5.11. The minimum absolute atomic E-state index is 0.318. The van der Waals surface area contributed by atoms with Crippen molar-refractivity contribution >= 4 is 40.8 Å². The summed E-state index contributed by atoms with van der Waals surface area (Å²) in [6.07, 6.45) is -0.359. The molecular formula is C18H17Cl2NO4. The van der Waals surface area contributed by atoms with Crippen LogP contribution in [0.25, 0.3) is 0 Å².